The Bertz CT molecular complexity index is 5410. The van der Waals surface area contributed by atoms with E-state index >= 15 is 0 Å². The number of ether oxygens (including phenoxy) is 1. The Morgan fingerprint density at radius 1 is 0.170 bits per heavy atom. The molecule has 1 heterocycles. The molecule has 0 radical (unpaired) electrons. The molecule has 11 aromatic rings. The summed E-state index contributed by atoms with van der Waals surface area (Å²) in [5.41, 5.74) is 37.9. The summed E-state index contributed by atoms with van der Waals surface area (Å²) in [6, 6.07) is 91.1. The van der Waals surface area contributed by atoms with E-state index < -0.39 is 0 Å². The molecule has 0 fully saturated rings. The molecule has 0 bridgehead atoms. The van der Waals surface area contributed by atoms with Crippen LogP contribution in [0.25, 0.3) is 89.0 Å². The van der Waals surface area contributed by atoms with Crippen molar-refractivity contribution in [2.45, 2.75) is 430 Å². The molecule has 0 N–H and O–H groups in total. The normalized spacial score (nSPS) is 15.1. The van der Waals surface area contributed by atoms with Gasteiger partial charge in [0.05, 0.1) is 17.1 Å². The van der Waals surface area contributed by atoms with Crippen molar-refractivity contribution >= 4 is 17.1 Å². The average Bonchev–Trinajstić information content (AvgIpc) is 1.54. The second kappa shape index (κ2) is 49.0. The predicted octanol–water partition coefficient (Wildman–Crippen LogP) is 42.6. The molecule has 0 saturated heterocycles. The lowest BCUT2D eigenvalue weighted by atomic mass is 9.68. The molecule has 4 aliphatic carbocycles. The number of unbranched alkanes of at least 4 members (excludes halogenated alkanes) is 39. The third kappa shape index (κ3) is 21.9. The highest BCUT2D eigenvalue weighted by Gasteiger charge is 2.51. The number of hydrogen-bond donors (Lipinski definition) is 0. The number of hydrogen-bond acceptors (Lipinski definition) is 2. The van der Waals surface area contributed by atoms with E-state index in [-0.39, 0.29) is 21.7 Å². The molecule has 0 aromatic heterocycles. The zero-order chi connectivity index (χ0) is 93.1. The van der Waals surface area contributed by atoms with E-state index in [1.54, 1.807) is 55.6 Å². The Kier molecular flexibility index (Phi) is 36.0. The van der Waals surface area contributed by atoms with Gasteiger partial charge in [-0.05, 0) is 234 Å². The fourth-order valence-electron chi connectivity index (χ4n) is 26.3. The van der Waals surface area contributed by atoms with E-state index in [1.807, 2.05) is 0 Å². The third-order valence-corrected chi connectivity index (χ3v) is 33.6. The van der Waals surface area contributed by atoms with E-state index in [1.165, 1.54) is 431 Å². The second-order valence-corrected chi connectivity index (χ2v) is 42.9. The molecule has 0 amide bonds. The van der Waals surface area contributed by atoms with Crippen molar-refractivity contribution in [2.24, 2.45) is 0 Å². The minimum Gasteiger partial charge on any atom is -0.453 e. The van der Waals surface area contributed by atoms with Crippen LogP contribution in [-0.4, -0.2) is 0 Å². The first-order chi connectivity index (χ1) is 66.7. The first-order valence-corrected chi connectivity index (χ1v) is 56.5. The smallest absolute Gasteiger partial charge is 0.152 e. The summed E-state index contributed by atoms with van der Waals surface area (Å²) in [5, 5.41) is 0. The molecule has 1 unspecified atom stereocenters. The lowest BCUT2D eigenvalue weighted by Gasteiger charge is -2.36. The summed E-state index contributed by atoms with van der Waals surface area (Å²) < 4.78 is 7.94. The number of rotatable bonds is 60. The Labute approximate surface area is 820 Å². The summed E-state index contributed by atoms with van der Waals surface area (Å²) in [4.78, 5) is 2.61. The van der Waals surface area contributed by atoms with Gasteiger partial charge in [0.25, 0.3) is 0 Å². The van der Waals surface area contributed by atoms with Crippen LogP contribution >= 0.6 is 0 Å². The molecule has 16 rings (SSSR count). The lowest BCUT2D eigenvalue weighted by Crippen LogP contribution is -2.27. The quantitative estimate of drug-likeness (QED) is 0.0352. The van der Waals surface area contributed by atoms with Gasteiger partial charge in [0.1, 0.15) is 0 Å². The number of nitrogens with zero attached hydrogens (tertiary/aromatic N) is 1. The van der Waals surface area contributed by atoms with Gasteiger partial charge >= 0.3 is 0 Å². The summed E-state index contributed by atoms with van der Waals surface area (Å²) in [6.45, 7) is 19.0. The van der Waals surface area contributed by atoms with Crippen LogP contribution in [-0.2, 0) is 21.7 Å². The fraction of sp³-hybridized carbons (Fsp3) is 0.504. The highest BCUT2D eigenvalue weighted by molar-refractivity contribution is 6.02. The van der Waals surface area contributed by atoms with Crippen LogP contribution < -0.4 is 9.64 Å². The first-order valence-electron chi connectivity index (χ1n) is 56.5. The number of fused-ring (bicyclic) bond motifs is 14. The van der Waals surface area contributed by atoms with E-state index in [0.717, 1.165) is 28.6 Å². The maximum atomic E-state index is 7.94. The van der Waals surface area contributed by atoms with Gasteiger partial charge < -0.3 is 9.64 Å². The highest BCUT2D eigenvalue weighted by Crippen LogP contribution is 2.66. The number of para-hydroxylation sites is 1. The zero-order valence-corrected chi connectivity index (χ0v) is 85.6. The van der Waals surface area contributed by atoms with Crippen LogP contribution in [0.5, 0.6) is 11.5 Å². The van der Waals surface area contributed by atoms with E-state index in [4.69, 9.17) is 4.74 Å². The lowest BCUT2D eigenvalue weighted by molar-refractivity contribution is 0.394. The third-order valence-electron chi connectivity index (χ3n) is 33.6. The van der Waals surface area contributed by atoms with Crippen LogP contribution in [0, 0.1) is 0 Å². The summed E-state index contributed by atoms with van der Waals surface area (Å²) >= 11 is 0. The molecule has 2 nitrogen and oxygen atoms in total. The Balaban J connectivity index is 0.853. The molecule has 5 aliphatic rings. The van der Waals surface area contributed by atoms with Crippen molar-refractivity contribution in [3.63, 3.8) is 0 Å². The van der Waals surface area contributed by atoms with Gasteiger partial charge in [-0.3, -0.25) is 0 Å². The molecular formula is C133H171NO. The molecule has 11 aromatic carbocycles. The molecule has 0 spiro atoms. The Morgan fingerprint density at radius 2 is 0.393 bits per heavy atom. The molecular weight excluding hydrogens is 1630 g/mol. The standard InChI is InChI=1S/C133H171NO/c1-9-17-25-33-41-59-86-130(85-58-40-32-24-16-8)117-75-56-54-71-109(117)113-97-123-115(99-121(113)130)111-81-77-103(93-119(111)132(123,89-62-44-36-28-20-12-4)90-63-45-37-29-21-13-5)105-79-83-125-127(95-105)135-128-96-106(80-84-126(128)134(125)129-107(101-67-50-48-51-68-101)73-66-74-108(129)102-69-52-49-53-70-102)104-78-82-112-116-100-122-114(98-124(116)133(120(112)94-104,91-64-46-38-30-22-14-6)92-65-47-39-31-23-15-7)110-72-55-57-76-118(110)131(122,87-60-42-34-26-18-10-2)88-61-43-35-27-19-11-3/h48-57,66-84,93-100H,9-47,58-65,85-92H2,1-8H3. The molecule has 1 atom stereocenters. The molecule has 2 heteroatoms. The average molecular weight is 1800 g/mol. The van der Waals surface area contributed by atoms with Gasteiger partial charge in [-0.1, -0.05) is 521 Å². The summed E-state index contributed by atoms with van der Waals surface area (Å²) in [5.74, 6) is 1.78. The van der Waals surface area contributed by atoms with Crippen molar-refractivity contribution in [2.75, 3.05) is 4.90 Å². The van der Waals surface area contributed by atoms with Crippen LogP contribution in [0.4, 0.5) is 17.1 Å². The predicted molar refractivity (Wildman–Crippen MR) is 587 cm³/mol. The first kappa shape index (κ1) is 99.0. The Hall–Kier alpha value is -8.98. The maximum absolute atomic E-state index is 7.94. The summed E-state index contributed by atoms with van der Waals surface area (Å²) in [6.07, 6.45) is 71.1. The maximum Gasteiger partial charge on any atom is 0.152 e. The van der Waals surface area contributed by atoms with Gasteiger partial charge in [0, 0.05) is 32.8 Å². The fourth-order valence-corrected chi connectivity index (χ4v) is 26.3. The topological polar surface area (TPSA) is 12.5 Å². The minimum atomic E-state index is -0.128. The number of benzene rings is 11. The molecule has 1 aliphatic heterocycles. The van der Waals surface area contributed by atoms with Crippen molar-refractivity contribution < 1.29 is 4.74 Å². The van der Waals surface area contributed by atoms with Gasteiger partial charge in [0.15, 0.2) is 11.5 Å². The van der Waals surface area contributed by atoms with E-state index in [9.17, 15) is 0 Å². The van der Waals surface area contributed by atoms with Gasteiger partial charge in [-0.2, -0.15) is 0 Å². The van der Waals surface area contributed by atoms with E-state index in [2.05, 4.69) is 285 Å². The van der Waals surface area contributed by atoms with Crippen LogP contribution in [0.15, 0.2) is 224 Å². The van der Waals surface area contributed by atoms with Crippen LogP contribution in [0.1, 0.15) is 453 Å². The minimum absolute atomic E-state index is 0.00249. The SMILES string of the molecule is CCCCCCCCC1(CCCCCCC)c2ccccc2-c2cc3c(cc21)-c1ccc(-c2ccc4c(c2)Oc2cc(-c5ccc6c(c5)C(CCCCCCCC)(CCCCCCCC)c5cc7c(cc5-6)C(CCCCCCCC)(CCCCCCCC)c5ccccc5-7)ccc2N4c2c(-c4ccccc4)cccc2-c2ccccc2)cc1C3(CCCCCCCC)CCCCCCCC. The van der Waals surface area contributed by atoms with Crippen molar-refractivity contribution in [1.82, 2.24) is 0 Å². The summed E-state index contributed by atoms with van der Waals surface area (Å²) in [7, 11) is 0. The number of anilines is 3. The van der Waals surface area contributed by atoms with Crippen LogP contribution in [0.3, 0.4) is 0 Å². The van der Waals surface area contributed by atoms with Gasteiger partial charge in [0.2, 0.25) is 0 Å². The van der Waals surface area contributed by atoms with E-state index in [0.29, 0.717) is 0 Å². The van der Waals surface area contributed by atoms with Crippen molar-refractivity contribution in [3.05, 3.63) is 269 Å². The second-order valence-electron chi connectivity index (χ2n) is 42.9. The van der Waals surface area contributed by atoms with Crippen molar-refractivity contribution in [3.8, 4) is 101 Å². The highest BCUT2D eigenvalue weighted by atomic mass is 16.5. The zero-order valence-electron chi connectivity index (χ0n) is 85.6. The van der Waals surface area contributed by atoms with Crippen LogP contribution in [0.2, 0.25) is 0 Å². The Morgan fingerprint density at radius 3 is 0.681 bits per heavy atom. The monoisotopic (exact) mass is 1800 g/mol. The van der Waals surface area contributed by atoms with Crippen molar-refractivity contribution in [1.29, 1.82) is 0 Å². The largest absolute Gasteiger partial charge is 0.453 e. The van der Waals surface area contributed by atoms with Gasteiger partial charge in [-0.15, -0.1) is 0 Å². The molecule has 135 heavy (non-hydrogen) atoms. The molecule has 0 saturated carbocycles. The molecule has 714 valence electrons. The van der Waals surface area contributed by atoms with Gasteiger partial charge in [-0.25, -0.2) is 0 Å².